The maximum atomic E-state index is 13.1. The molecule has 31 heavy (non-hydrogen) atoms. The number of aromatic nitrogens is 3. The fourth-order valence-electron chi connectivity index (χ4n) is 4.01. The number of aliphatic hydroxyl groups is 1. The van der Waals surface area contributed by atoms with E-state index in [9.17, 15) is 9.90 Å². The lowest BCUT2D eigenvalue weighted by Crippen LogP contribution is -2.39. The predicted octanol–water partition coefficient (Wildman–Crippen LogP) is 1.89. The lowest BCUT2D eigenvalue weighted by atomic mass is 9.97. The van der Waals surface area contributed by atoms with Crippen molar-refractivity contribution in [1.82, 2.24) is 14.6 Å². The Kier molecular flexibility index (Phi) is 4.79. The van der Waals surface area contributed by atoms with Gasteiger partial charge in [-0.15, -0.1) is 0 Å². The summed E-state index contributed by atoms with van der Waals surface area (Å²) in [4.78, 5) is 19.6. The second kappa shape index (κ2) is 7.51. The van der Waals surface area contributed by atoms with E-state index in [-0.39, 0.29) is 12.0 Å². The van der Waals surface area contributed by atoms with Crippen molar-refractivity contribution in [3.05, 3.63) is 47.9 Å². The number of morpholine rings is 1. The molecule has 9 nitrogen and oxygen atoms in total. The van der Waals surface area contributed by atoms with Crippen LogP contribution in [-0.2, 0) is 11.2 Å². The Morgan fingerprint density at radius 2 is 2.10 bits per heavy atom. The third-order valence-corrected chi connectivity index (χ3v) is 5.77. The molecular formula is C22H25N5O4. The summed E-state index contributed by atoms with van der Waals surface area (Å²) in [6.07, 6.45) is 5.14. The van der Waals surface area contributed by atoms with Crippen LogP contribution in [0.2, 0.25) is 0 Å². The first-order valence-corrected chi connectivity index (χ1v) is 10.4. The van der Waals surface area contributed by atoms with Crippen molar-refractivity contribution in [3.8, 4) is 5.75 Å². The summed E-state index contributed by atoms with van der Waals surface area (Å²) in [7, 11) is 0. The third kappa shape index (κ3) is 3.70. The van der Waals surface area contributed by atoms with Crippen molar-refractivity contribution in [2.45, 2.75) is 32.0 Å². The second-order valence-corrected chi connectivity index (χ2v) is 8.44. The molecule has 0 bridgehead atoms. The van der Waals surface area contributed by atoms with Crippen LogP contribution in [0, 0.1) is 0 Å². The molecule has 0 spiro atoms. The molecule has 1 aromatic carbocycles. The van der Waals surface area contributed by atoms with Crippen LogP contribution >= 0.6 is 0 Å². The van der Waals surface area contributed by atoms with E-state index in [4.69, 9.17) is 9.47 Å². The lowest BCUT2D eigenvalue weighted by molar-refractivity contribution is -0.0229. The van der Waals surface area contributed by atoms with Crippen molar-refractivity contribution in [2.24, 2.45) is 0 Å². The zero-order valence-electron chi connectivity index (χ0n) is 17.5. The molecule has 0 saturated carbocycles. The van der Waals surface area contributed by atoms with Crippen LogP contribution in [0.25, 0.3) is 5.65 Å². The van der Waals surface area contributed by atoms with Crippen LogP contribution in [0.4, 0.5) is 11.4 Å². The van der Waals surface area contributed by atoms with Gasteiger partial charge in [0.25, 0.3) is 5.91 Å². The van der Waals surface area contributed by atoms with E-state index in [1.54, 1.807) is 36.8 Å². The molecule has 162 valence electrons. The van der Waals surface area contributed by atoms with Crippen molar-refractivity contribution in [1.29, 1.82) is 0 Å². The summed E-state index contributed by atoms with van der Waals surface area (Å²) in [5, 5.41) is 17.7. The number of carbonyl (C=O) groups is 1. The molecule has 1 saturated heterocycles. The molecule has 1 atom stereocenters. The van der Waals surface area contributed by atoms with Crippen LogP contribution in [-0.4, -0.2) is 63.6 Å². The van der Waals surface area contributed by atoms with Gasteiger partial charge in [-0.05, 0) is 26.0 Å². The third-order valence-electron chi connectivity index (χ3n) is 5.77. The van der Waals surface area contributed by atoms with E-state index in [2.05, 4.69) is 20.3 Å². The van der Waals surface area contributed by atoms with E-state index in [1.165, 1.54) is 6.20 Å². The Bertz CT molecular complexity index is 1130. The number of ether oxygens (including phenoxy) is 2. The van der Waals surface area contributed by atoms with Crippen molar-refractivity contribution >= 4 is 22.9 Å². The van der Waals surface area contributed by atoms with Gasteiger partial charge in [-0.25, -0.2) is 9.50 Å². The summed E-state index contributed by atoms with van der Waals surface area (Å²) in [6.45, 7) is 6.16. The maximum absolute atomic E-state index is 13.1. The predicted molar refractivity (Wildman–Crippen MR) is 115 cm³/mol. The van der Waals surface area contributed by atoms with E-state index in [0.717, 1.165) is 30.1 Å². The largest absolute Gasteiger partial charge is 0.487 e. The Balaban J connectivity index is 1.50. The Morgan fingerprint density at radius 3 is 2.87 bits per heavy atom. The molecule has 2 aromatic heterocycles. The van der Waals surface area contributed by atoms with Crippen LogP contribution in [0.3, 0.4) is 0 Å². The summed E-state index contributed by atoms with van der Waals surface area (Å²) in [5.41, 5.74) is 2.46. The first-order chi connectivity index (χ1) is 14.9. The number of carbonyl (C=O) groups excluding carboxylic acids is 1. The molecule has 2 aliphatic rings. The highest BCUT2D eigenvalue weighted by molar-refractivity contribution is 6.09. The van der Waals surface area contributed by atoms with Gasteiger partial charge in [0.15, 0.2) is 5.65 Å². The Morgan fingerprint density at radius 1 is 1.29 bits per heavy atom. The van der Waals surface area contributed by atoms with Gasteiger partial charge in [-0.1, -0.05) is 0 Å². The first-order valence-electron chi connectivity index (χ1n) is 10.4. The summed E-state index contributed by atoms with van der Waals surface area (Å²) >= 11 is 0. The average molecular weight is 423 g/mol. The van der Waals surface area contributed by atoms with Crippen LogP contribution in [0.5, 0.6) is 5.75 Å². The SMILES string of the molecule is CC(C)(O)C1Cc2cc(NC(=O)c3cnn4cccnc34)c(N3CCOCC3)cc2O1. The monoisotopic (exact) mass is 423 g/mol. The van der Waals surface area contributed by atoms with E-state index < -0.39 is 5.60 Å². The number of fused-ring (bicyclic) bond motifs is 2. The van der Waals surface area contributed by atoms with Gasteiger partial charge in [-0.3, -0.25) is 4.79 Å². The van der Waals surface area contributed by atoms with E-state index in [0.29, 0.717) is 36.5 Å². The second-order valence-electron chi connectivity index (χ2n) is 8.44. The van der Waals surface area contributed by atoms with Gasteiger partial charge in [0, 0.05) is 43.5 Å². The number of amides is 1. The Labute approximate surface area is 179 Å². The van der Waals surface area contributed by atoms with Gasteiger partial charge in [0.2, 0.25) is 0 Å². The number of nitrogens with one attached hydrogen (secondary N) is 1. The molecule has 1 fully saturated rings. The zero-order chi connectivity index (χ0) is 21.6. The number of rotatable bonds is 4. The molecule has 9 heteroatoms. The number of hydrogen-bond acceptors (Lipinski definition) is 7. The van der Waals surface area contributed by atoms with Gasteiger partial charge in [0.05, 0.1) is 36.4 Å². The number of anilines is 2. The molecule has 5 rings (SSSR count). The van der Waals surface area contributed by atoms with Gasteiger partial charge in [-0.2, -0.15) is 5.10 Å². The van der Waals surface area contributed by atoms with Crippen LogP contribution in [0.15, 0.2) is 36.8 Å². The summed E-state index contributed by atoms with van der Waals surface area (Å²) in [5.74, 6) is 0.463. The van der Waals surface area contributed by atoms with E-state index >= 15 is 0 Å². The highest BCUT2D eigenvalue weighted by Gasteiger charge is 2.36. The summed E-state index contributed by atoms with van der Waals surface area (Å²) < 4.78 is 13.1. The fourth-order valence-corrected chi connectivity index (χ4v) is 4.01. The van der Waals surface area contributed by atoms with Crippen LogP contribution in [0.1, 0.15) is 29.8 Å². The number of hydrogen-bond donors (Lipinski definition) is 2. The topological polar surface area (TPSA) is 101 Å². The molecule has 3 aromatic rings. The number of benzene rings is 1. The lowest BCUT2D eigenvalue weighted by Gasteiger charge is -2.31. The minimum Gasteiger partial charge on any atom is -0.487 e. The normalized spacial score (nSPS) is 18.7. The number of nitrogens with zero attached hydrogens (tertiary/aromatic N) is 4. The van der Waals surface area contributed by atoms with E-state index in [1.807, 2.05) is 12.1 Å². The minimum absolute atomic E-state index is 0.277. The Hall–Kier alpha value is -3.17. The van der Waals surface area contributed by atoms with Crippen molar-refractivity contribution < 1.29 is 19.4 Å². The molecule has 1 amide bonds. The minimum atomic E-state index is -0.968. The van der Waals surface area contributed by atoms with Gasteiger partial charge >= 0.3 is 0 Å². The molecule has 0 radical (unpaired) electrons. The fraction of sp³-hybridized carbons (Fsp3) is 0.409. The van der Waals surface area contributed by atoms with Crippen molar-refractivity contribution in [3.63, 3.8) is 0 Å². The molecule has 2 aliphatic heterocycles. The summed E-state index contributed by atoms with van der Waals surface area (Å²) in [6, 6.07) is 5.66. The highest BCUT2D eigenvalue weighted by atomic mass is 16.5. The van der Waals surface area contributed by atoms with Gasteiger partial charge in [0.1, 0.15) is 17.4 Å². The molecule has 2 N–H and O–H groups in total. The van der Waals surface area contributed by atoms with Gasteiger partial charge < -0.3 is 24.8 Å². The molecular weight excluding hydrogens is 398 g/mol. The van der Waals surface area contributed by atoms with Crippen molar-refractivity contribution in [2.75, 3.05) is 36.5 Å². The molecule has 0 aliphatic carbocycles. The average Bonchev–Trinajstić information content (AvgIpc) is 3.37. The smallest absolute Gasteiger partial charge is 0.261 e. The zero-order valence-corrected chi connectivity index (χ0v) is 17.5. The van der Waals surface area contributed by atoms with Crippen LogP contribution < -0.4 is 15.0 Å². The maximum Gasteiger partial charge on any atom is 0.261 e. The quantitative estimate of drug-likeness (QED) is 0.661. The molecule has 4 heterocycles. The molecule has 1 unspecified atom stereocenters. The standard InChI is InChI=1S/C22H25N5O4/c1-22(2,29)19-11-14-10-16(17(12-18(14)31-19)26-6-8-30-9-7-26)25-21(28)15-13-24-27-5-3-4-23-20(15)27/h3-5,10,12-13,19,29H,6-9,11H2,1-2H3,(H,25,28). The highest BCUT2D eigenvalue weighted by Crippen LogP contribution is 2.41. The first kappa shape index (κ1) is 19.8.